The summed E-state index contributed by atoms with van der Waals surface area (Å²) in [4.78, 5) is 8.95. The minimum Gasteiger partial charge on any atom is -0.370 e. The Hall–Kier alpha value is -1.50. The largest absolute Gasteiger partial charge is 0.370 e. The maximum atomic E-state index is 4.54. The van der Waals surface area contributed by atoms with Gasteiger partial charge in [-0.15, -0.1) is 5.10 Å². The number of nitrogens with zero attached hydrogens (tertiary/aromatic N) is 5. The van der Waals surface area contributed by atoms with Gasteiger partial charge in [0, 0.05) is 31.3 Å². The molecule has 1 N–H and O–H groups in total. The first-order valence-electron chi connectivity index (χ1n) is 6.44. The van der Waals surface area contributed by atoms with Crippen molar-refractivity contribution >= 4 is 21.7 Å². The van der Waals surface area contributed by atoms with E-state index in [9.17, 15) is 0 Å². The first-order valence-corrected chi connectivity index (χ1v) is 7.23. The van der Waals surface area contributed by atoms with Crippen LogP contribution in [0.4, 0.5) is 5.82 Å². The minimum absolute atomic E-state index is 0.563. The van der Waals surface area contributed by atoms with Gasteiger partial charge in [0.15, 0.2) is 0 Å². The zero-order valence-electron chi connectivity index (χ0n) is 10.5. The smallest absolute Gasteiger partial charge is 0.135 e. The first kappa shape index (κ1) is 12.5. The number of rotatable bonds is 6. The van der Waals surface area contributed by atoms with Crippen molar-refractivity contribution in [2.24, 2.45) is 0 Å². The summed E-state index contributed by atoms with van der Waals surface area (Å²) in [6.45, 7) is 1.71. The van der Waals surface area contributed by atoms with Crippen molar-refractivity contribution in [1.29, 1.82) is 0 Å². The van der Waals surface area contributed by atoms with E-state index in [1.807, 2.05) is 16.9 Å². The Bertz CT molecular complexity index is 537. The van der Waals surface area contributed by atoms with E-state index in [0.29, 0.717) is 5.92 Å². The van der Waals surface area contributed by atoms with Gasteiger partial charge in [0.2, 0.25) is 0 Å². The molecule has 0 saturated heterocycles. The SMILES string of the molecule is Brc1cc(NCCCn2ccnn2)nc(C2CC2)n1. The highest BCUT2D eigenvalue weighted by Gasteiger charge is 2.27. The van der Waals surface area contributed by atoms with Crippen LogP contribution in [0.3, 0.4) is 0 Å². The molecule has 7 heteroatoms. The fraction of sp³-hybridized carbons (Fsp3) is 0.500. The van der Waals surface area contributed by atoms with Crippen molar-refractivity contribution in [3.05, 3.63) is 28.9 Å². The third kappa shape index (κ3) is 3.50. The van der Waals surface area contributed by atoms with E-state index in [1.165, 1.54) is 12.8 Å². The fourth-order valence-electron chi connectivity index (χ4n) is 1.86. The molecule has 1 aliphatic carbocycles. The van der Waals surface area contributed by atoms with Crippen LogP contribution < -0.4 is 5.32 Å². The summed E-state index contributed by atoms with van der Waals surface area (Å²) in [7, 11) is 0. The van der Waals surface area contributed by atoms with E-state index < -0.39 is 0 Å². The van der Waals surface area contributed by atoms with Gasteiger partial charge in [-0.05, 0) is 35.2 Å². The molecule has 1 aliphatic rings. The molecule has 0 aromatic carbocycles. The highest BCUT2D eigenvalue weighted by Crippen LogP contribution is 2.38. The van der Waals surface area contributed by atoms with Crippen molar-refractivity contribution in [2.75, 3.05) is 11.9 Å². The van der Waals surface area contributed by atoms with Gasteiger partial charge >= 0.3 is 0 Å². The van der Waals surface area contributed by atoms with E-state index >= 15 is 0 Å². The van der Waals surface area contributed by atoms with Gasteiger partial charge in [-0.2, -0.15) is 0 Å². The van der Waals surface area contributed by atoms with Crippen molar-refractivity contribution in [3.63, 3.8) is 0 Å². The molecule has 2 aromatic rings. The van der Waals surface area contributed by atoms with Crippen LogP contribution in [0, 0.1) is 0 Å². The maximum Gasteiger partial charge on any atom is 0.135 e. The summed E-state index contributed by atoms with van der Waals surface area (Å²) < 4.78 is 2.68. The molecule has 0 aliphatic heterocycles. The molecule has 100 valence electrons. The standard InChI is InChI=1S/C12H15BrN6/c13-10-8-11(17-12(16-10)9-2-3-9)14-4-1-6-19-7-5-15-18-19/h5,7-9H,1-4,6H2,(H,14,16,17). The molecule has 2 heterocycles. The van der Waals surface area contributed by atoms with E-state index in [0.717, 1.165) is 35.8 Å². The lowest BCUT2D eigenvalue weighted by atomic mass is 10.4. The molecule has 0 atom stereocenters. The average Bonchev–Trinajstić information content (AvgIpc) is 3.12. The van der Waals surface area contributed by atoms with Crippen LogP contribution in [0.2, 0.25) is 0 Å². The summed E-state index contributed by atoms with van der Waals surface area (Å²) in [6, 6.07) is 1.92. The summed E-state index contributed by atoms with van der Waals surface area (Å²) >= 11 is 3.44. The van der Waals surface area contributed by atoms with Crippen molar-refractivity contribution in [3.8, 4) is 0 Å². The van der Waals surface area contributed by atoms with Gasteiger partial charge in [0.25, 0.3) is 0 Å². The molecule has 3 rings (SSSR count). The molecular weight excluding hydrogens is 308 g/mol. The first-order chi connectivity index (χ1) is 9.31. The average molecular weight is 323 g/mol. The van der Waals surface area contributed by atoms with Crippen LogP contribution in [0.25, 0.3) is 0 Å². The van der Waals surface area contributed by atoms with E-state index in [1.54, 1.807) is 6.20 Å². The number of hydrogen-bond acceptors (Lipinski definition) is 5. The number of aryl methyl sites for hydroxylation is 1. The quantitative estimate of drug-likeness (QED) is 0.652. The Kier molecular flexibility index (Phi) is 3.72. The summed E-state index contributed by atoms with van der Waals surface area (Å²) in [5, 5.41) is 11.0. The van der Waals surface area contributed by atoms with Crippen molar-refractivity contribution in [2.45, 2.75) is 31.7 Å². The topological polar surface area (TPSA) is 68.5 Å². The van der Waals surface area contributed by atoms with Crippen molar-refractivity contribution in [1.82, 2.24) is 25.0 Å². The summed E-state index contributed by atoms with van der Waals surface area (Å²) in [5.74, 6) is 2.41. The Labute approximate surface area is 119 Å². The van der Waals surface area contributed by atoms with Crippen LogP contribution in [-0.4, -0.2) is 31.5 Å². The second-order valence-electron chi connectivity index (χ2n) is 4.65. The highest BCUT2D eigenvalue weighted by atomic mass is 79.9. The fourth-order valence-corrected chi connectivity index (χ4v) is 2.26. The molecule has 0 bridgehead atoms. The lowest BCUT2D eigenvalue weighted by Gasteiger charge is -2.07. The van der Waals surface area contributed by atoms with Gasteiger partial charge in [0.05, 0.1) is 6.20 Å². The normalized spacial score (nSPS) is 14.6. The van der Waals surface area contributed by atoms with Crippen LogP contribution in [0.15, 0.2) is 23.1 Å². The van der Waals surface area contributed by atoms with E-state index in [2.05, 4.69) is 41.5 Å². The monoisotopic (exact) mass is 322 g/mol. The second kappa shape index (κ2) is 5.64. The molecule has 0 radical (unpaired) electrons. The molecule has 0 amide bonds. The minimum atomic E-state index is 0.563. The predicted octanol–water partition coefficient (Wildman–Crippen LogP) is 2.21. The molecule has 6 nitrogen and oxygen atoms in total. The Morgan fingerprint density at radius 1 is 1.37 bits per heavy atom. The maximum absolute atomic E-state index is 4.54. The highest BCUT2D eigenvalue weighted by molar-refractivity contribution is 9.10. The molecular formula is C12H15BrN6. The molecule has 0 unspecified atom stereocenters. The summed E-state index contributed by atoms with van der Waals surface area (Å²) in [6.07, 6.45) is 6.96. The molecule has 19 heavy (non-hydrogen) atoms. The zero-order valence-corrected chi connectivity index (χ0v) is 12.0. The van der Waals surface area contributed by atoms with Crippen LogP contribution in [0.1, 0.15) is 31.0 Å². The molecule has 1 fully saturated rings. The molecule has 1 saturated carbocycles. The van der Waals surface area contributed by atoms with Crippen LogP contribution in [-0.2, 0) is 6.54 Å². The number of anilines is 1. The third-order valence-electron chi connectivity index (χ3n) is 3.00. The lowest BCUT2D eigenvalue weighted by molar-refractivity contribution is 0.569. The number of aromatic nitrogens is 5. The van der Waals surface area contributed by atoms with Gasteiger partial charge in [-0.3, -0.25) is 4.68 Å². The van der Waals surface area contributed by atoms with Gasteiger partial charge < -0.3 is 5.32 Å². The lowest BCUT2D eigenvalue weighted by Crippen LogP contribution is -2.09. The number of nitrogens with one attached hydrogen (secondary N) is 1. The van der Waals surface area contributed by atoms with E-state index in [4.69, 9.17) is 0 Å². The van der Waals surface area contributed by atoms with Crippen molar-refractivity contribution < 1.29 is 0 Å². The van der Waals surface area contributed by atoms with Crippen LogP contribution in [0.5, 0.6) is 0 Å². The zero-order chi connectivity index (χ0) is 13.1. The Morgan fingerprint density at radius 2 is 2.26 bits per heavy atom. The summed E-state index contributed by atoms with van der Waals surface area (Å²) in [5.41, 5.74) is 0. The van der Waals surface area contributed by atoms with Gasteiger partial charge in [-0.1, -0.05) is 5.21 Å². The Morgan fingerprint density at radius 3 is 3.00 bits per heavy atom. The van der Waals surface area contributed by atoms with Gasteiger partial charge in [0.1, 0.15) is 16.2 Å². The number of hydrogen-bond donors (Lipinski definition) is 1. The Balaban J connectivity index is 1.51. The van der Waals surface area contributed by atoms with Gasteiger partial charge in [-0.25, -0.2) is 9.97 Å². The van der Waals surface area contributed by atoms with Crippen LogP contribution >= 0.6 is 15.9 Å². The molecule has 0 spiro atoms. The predicted molar refractivity (Wildman–Crippen MR) is 74.8 cm³/mol. The van der Waals surface area contributed by atoms with E-state index in [-0.39, 0.29) is 0 Å². The number of halogens is 1. The molecule has 2 aromatic heterocycles. The third-order valence-corrected chi connectivity index (χ3v) is 3.40. The second-order valence-corrected chi connectivity index (χ2v) is 5.47.